The quantitative estimate of drug-likeness (QED) is 0.540. The number of likely N-dealkylation sites (N-methyl/N-ethyl adjacent to an activating group) is 3. The van der Waals surface area contributed by atoms with Crippen molar-refractivity contribution in [3.8, 4) is 0 Å². The second-order valence-corrected chi connectivity index (χ2v) is 14.9. The number of amides is 2. The topological polar surface area (TPSA) is 102 Å². The number of nitrogens with one attached hydrogen (secondary N) is 1. The fraction of sp³-hybridized carbons (Fsp3) is 0.576. The molecule has 2 amide bonds. The predicted octanol–water partition coefficient (Wildman–Crippen LogP) is 3.12. The molecule has 0 saturated heterocycles. The molecule has 3 heterocycles. The lowest BCUT2D eigenvalue weighted by molar-refractivity contribution is -0.126. The van der Waals surface area contributed by atoms with Crippen molar-refractivity contribution in [1.29, 1.82) is 0 Å². The lowest BCUT2D eigenvalue weighted by Crippen LogP contribution is -2.45. The van der Waals surface area contributed by atoms with Gasteiger partial charge in [-0.15, -0.1) is 0 Å². The van der Waals surface area contributed by atoms with Crippen LogP contribution in [-0.2, 0) is 19.7 Å². The van der Waals surface area contributed by atoms with Crippen LogP contribution in [0.25, 0.3) is 0 Å². The molecule has 44 heavy (non-hydrogen) atoms. The summed E-state index contributed by atoms with van der Waals surface area (Å²) < 4.78 is 35.3. The molecule has 0 aromatic heterocycles. The molecule has 0 radical (unpaired) electrons. The van der Waals surface area contributed by atoms with Gasteiger partial charge >= 0.3 is 10.2 Å². The van der Waals surface area contributed by atoms with E-state index in [1.165, 1.54) is 36.2 Å². The highest BCUT2D eigenvalue weighted by atomic mass is 32.2. The SMILES string of the molecule is COC1=CC2C=C3CN4c5cc(ccc5C(C5CCCCC5)C4C2C=C1)C(=O)NS(=O)(=O)N(C)CCN(C)CCN(C)C3=O. The summed E-state index contributed by atoms with van der Waals surface area (Å²) in [5.41, 5.74) is 3.13. The van der Waals surface area contributed by atoms with Crippen molar-refractivity contribution >= 4 is 27.7 Å². The number of nitrogens with zero attached hydrogens (tertiary/aromatic N) is 4. The van der Waals surface area contributed by atoms with Gasteiger partial charge in [-0.1, -0.05) is 37.5 Å². The molecule has 11 heteroatoms. The Morgan fingerprint density at radius 2 is 1.70 bits per heavy atom. The zero-order chi connectivity index (χ0) is 31.2. The van der Waals surface area contributed by atoms with E-state index >= 15 is 0 Å². The van der Waals surface area contributed by atoms with Crippen molar-refractivity contribution in [3.05, 3.63) is 65.0 Å². The number of carbonyl (C=O) groups is 2. The maximum absolute atomic E-state index is 14.1. The first-order valence-electron chi connectivity index (χ1n) is 15.8. The van der Waals surface area contributed by atoms with E-state index in [1.54, 1.807) is 18.1 Å². The van der Waals surface area contributed by atoms with Crippen LogP contribution in [0.15, 0.2) is 53.8 Å². The number of allylic oxidation sites excluding steroid dienone is 3. The molecule has 1 N–H and O–H groups in total. The summed E-state index contributed by atoms with van der Waals surface area (Å²) in [6.07, 6.45) is 14.5. The van der Waals surface area contributed by atoms with E-state index in [1.807, 2.05) is 37.2 Å². The minimum atomic E-state index is -4.04. The van der Waals surface area contributed by atoms with Crippen LogP contribution in [0, 0.1) is 17.8 Å². The fourth-order valence-electron chi connectivity index (χ4n) is 7.82. The van der Waals surface area contributed by atoms with Crippen molar-refractivity contribution in [3.63, 3.8) is 0 Å². The van der Waals surface area contributed by atoms with Crippen LogP contribution in [0.2, 0.25) is 0 Å². The number of rotatable bonds is 2. The van der Waals surface area contributed by atoms with Gasteiger partial charge in [-0.2, -0.15) is 12.7 Å². The molecule has 4 unspecified atom stereocenters. The first-order valence-corrected chi connectivity index (χ1v) is 17.3. The highest BCUT2D eigenvalue weighted by Crippen LogP contribution is 2.54. The zero-order valence-corrected chi connectivity index (χ0v) is 27.1. The number of carbonyl (C=O) groups excluding carboxylic acids is 2. The summed E-state index contributed by atoms with van der Waals surface area (Å²) >= 11 is 0. The second kappa shape index (κ2) is 12.3. The Balaban J connectivity index is 1.49. The van der Waals surface area contributed by atoms with Crippen LogP contribution in [0.1, 0.15) is 53.9 Å². The fourth-order valence-corrected chi connectivity index (χ4v) is 8.65. The Bertz CT molecular complexity index is 1500. The minimum absolute atomic E-state index is 0.0136. The van der Waals surface area contributed by atoms with E-state index in [2.05, 4.69) is 27.9 Å². The third kappa shape index (κ3) is 5.81. The Labute approximate surface area is 261 Å². The van der Waals surface area contributed by atoms with Gasteiger partial charge in [0, 0.05) is 87.4 Å². The predicted molar refractivity (Wildman–Crippen MR) is 170 cm³/mol. The molecule has 1 fully saturated rings. The van der Waals surface area contributed by atoms with Gasteiger partial charge in [0.15, 0.2) is 0 Å². The summed E-state index contributed by atoms with van der Waals surface area (Å²) in [7, 11) is 2.85. The van der Waals surface area contributed by atoms with Gasteiger partial charge in [0.2, 0.25) is 0 Å². The average molecular weight is 624 g/mol. The second-order valence-electron chi connectivity index (χ2n) is 13.1. The third-order valence-corrected chi connectivity index (χ3v) is 11.8. The van der Waals surface area contributed by atoms with Crippen LogP contribution in [0.3, 0.4) is 0 Å². The maximum atomic E-state index is 14.1. The van der Waals surface area contributed by atoms with E-state index in [9.17, 15) is 18.0 Å². The lowest BCUT2D eigenvalue weighted by atomic mass is 9.69. The molecule has 10 nitrogen and oxygen atoms in total. The zero-order valence-electron chi connectivity index (χ0n) is 26.2. The van der Waals surface area contributed by atoms with E-state index in [4.69, 9.17) is 4.74 Å². The van der Waals surface area contributed by atoms with Crippen LogP contribution < -0.4 is 9.62 Å². The molecule has 0 spiro atoms. The number of methoxy groups -OCH3 is 1. The highest BCUT2D eigenvalue weighted by Gasteiger charge is 2.49. The van der Waals surface area contributed by atoms with E-state index in [0.29, 0.717) is 37.7 Å². The number of benzene rings is 1. The molecule has 4 bridgehead atoms. The van der Waals surface area contributed by atoms with Crippen molar-refractivity contribution < 1.29 is 22.7 Å². The molecule has 2 aliphatic carbocycles. The summed E-state index contributed by atoms with van der Waals surface area (Å²) in [6, 6.07) is 5.72. The average Bonchev–Trinajstić information content (AvgIpc) is 3.23. The van der Waals surface area contributed by atoms with Crippen LogP contribution in [0.4, 0.5) is 5.69 Å². The van der Waals surface area contributed by atoms with Gasteiger partial charge in [-0.25, -0.2) is 4.72 Å². The largest absolute Gasteiger partial charge is 0.497 e. The first-order chi connectivity index (χ1) is 21.1. The van der Waals surface area contributed by atoms with Gasteiger partial charge < -0.3 is 19.4 Å². The van der Waals surface area contributed by atoms with Crippen molar-refractivity contribution in [2.75, 3.05) is 65.9 Å². The molecular formula is C33H45N5O5S. The molecule has 1 aromatic rings. The van der Waals surface area contributed by atoms with Crippen molar-refractivity contribution in [2.24, 2.45) is 17.8 Å². The minimum Gasteiger partial charge on any atom is -0.497 e. The van der Waals surface area contributed by atoms with Crippen molar-refractivity contribution in [1.82, 2.24) is 18.8 Å². The van der Waals surface area contributed by atoms with Crippen LogP contribution in [0.5, 0.6) is 0 Å². The molecule has 238 valence electrons. The van der Waals surface area contributed by atoms with E-state index < -0.39 is 16.1 Å². The van der Waals surface area contributed by atoms with Crippen LogP contribution in [-0.4, -0.2) is 101 Å². The molecule has 4 atom stereocenters. The van der Waals surface area contributed by atoms with Crippen LogP contribution >= 0.6 is 0 Å². The Kier molecular flexibility index (Phi) is 8.65. The molecular weight excluding hydrogens is 578 g/mol. The first kappa shape index (κ1) is 30.9. The number of fused-ring (bicyclic) bond motifs is 4. The molecule has 3 aliphatic heterocycles. The lowest BCUT2D eigenvalue weighted by Gasteiger charge is -2.40. The van der Waals surface area contributed by atoms with Gasteiger partial charge in [0.25, 0.3) is 11.8 Å². The van der Waals surface area contributed by atoms with E-state index in [-0.39, 0.29) is 36.2 Å². The molecule has 1 saturated carbocycles. The maximum Gasteiger partial charge on any atom is 0.303 e. The van der Waals surface area contributed by atoms with Crippen molar-refractivity contribution in [2.45, 2.75) is 44.1 Å². The number of hydrogen-bond donors (Lipinski definition) is 1. The Hall–Kier alpha value is -3.15. The highest BCUT2D eigenvalue weighted by molar-refractivity contribution is 7.87. The summed E-state index contributed by atoms with van der Waals surface area (Å²) in [5.74, 6) is 0.927. The summed E-state index contributed by atoms with van der Waals surface area (Å²) in [6.45, 7) is 2.16. The molecule has 6 rings (SSSR count). The van der Waals surface area contributed by atoms with Gasteiger partial charge in [-0.05, 0) is 55.7 Å². The third-order valence-electron chi connectivity index (χ3n) is 10.4. The molecule has 5 aliphatic rings. The standard InChI is InChI=1S/C33H45N5O5S/c1-35-14-16-36(2)33(40)25-18-24-19-26(43-4)11-13-27(24)31-30(22-8-6-5-7-9-22)28-12-10-23(20-29(28)38(31)21-25)32(39)34-44(41,42)37(3)17-15-35/h10-13,18-20,22,24,27,30-31H,5-9,14-17,21H2,1-4H3,(H,34,39). The number of ether oxygens (including phenoxy) is 1. The van der Waals surface area contributed by atoms with Gasteiger partial charge in [0.1, 0.15) is 5.76 Å². The molecule has 1 aromatic carbocycles. The summed E-state index contributed by atoms with van der Waals surface area (Å²) in [4.78, 5) is 33.6. The Morgan fingerprint density at radius 3 is 2.45 bits per heavy atom. The van der Waals surface area contributed by atoms with Gasteiger partial charge in [0.05, 0.1) is 7.11 Å². The Morgan fingerprint density at radius 1 is 0.955 bits per heavy atom. The number of anilines is 1. The smallest absolute Gasteiger partial charge is 0.303 e. The normalized spacial score (nSPS) is 30.3. The summed E-state index contributed by atoms with van der Waals surface area (Å²) in [5, 5.41) is 0. The monoisotopic (exact) mass is 623 g/mol. The van der Waals surface area contributed by atoms with E-state index in [0.717, 1.165) is 29.9 Å². The van der Waals surface area contributed by atoms with Gasteiger partial charge in [-0.3, -0.25) is 9.59 Å². The number of hydrogen-bond acceptors (Lipinski definition) is 7.